The van der Waals surface area contributed by atoms with E-state index >= 15 is 0 Å². The third-order valence-electron chi connectivity index (χ3n) is 2.65. The van der Waals surface area contributed by atoms with Gasteiger partial charge in [0.15, 0.2) is 0 Å². The van der Waals surface area contributed by atoms with Crippen LogP contribution >= 0.6 is 0 Å². The Kier molecular flexibility index (Phi) is 5.05. The summed E-state index contributed by atoms with van der Waals surface area (Å²) in [5.41, 5.74) is 0. The standard InChI is InChI=1S/C11H21NO3/c1-9(2)8-10(11(13)14-3)12-4-6-15-7-5-12/h9-10H,4-8H2,1-3H3. The summed E-state index contributed by atoms with van der Waals surface area (Å²) >= 11 is 0. The van der Waals surface area contributed by atoms with Crippen LogP contribution in [0.1, 0.15) is 20.3 Å². The normalized spacial score (nSPS) is 20.3. The van der Waals surface area contributed by atoms with E-state index in [1.54, 1.807) is 0 Å². The van der Waals surface area contributed by atoms with Gasteiger partial charge in [0.1, 0.15) is 6.04 Å². The van der Waals surface area contributed by atoms with E-state index in [0.717, 1.165) is 19.5 Å². The van der Waals surface area contributed by atoms with Crippen LogP contribution in [0.15, 0.2) is 0 Å². The average molecular weight is 215 g/mol. The van der Waals surface area contributed by atoms with E-state index in [9.17, 15) is 4.79 Å². The van der Waals surface area contributed by atoms with Crippen LogP contribution in [0, 0.1) is 5.92 Å². The van der Waals surface area contributed by atoms with Crippen LogP contribution < -0.4 is 0 Å². The van der Waals surface area contributed by atoms with Crippen LogP contribution in [0.25, 0.3) is 0 Å². The molecule has 0 aromatic heterocycles. The first-order valence-corrected chi connectivity index (χ1v) is 5.54. The SMILES string of the molecule is COC(=O)C(CC(C)C)N1CCOCC1. The van der Waals surface area contributed by atoms with E-state index in [-0.39, 0.29) is 12.0 Å². The second-order valence-corrected chi connectivity index (χ2v) is 4.32. The van der Waals surface area contributed by atoms with E-state index in [1.807, 2.05) is 0 Å². The summed E-state index contributed by atoms with van der Waals surface area (Å²) in [6.07, 6.45) is 0.854. The van der Waals surface area contributed by atoms with Gasteiger partial charge in [-0.1, -0.05) is 13.8 Å². The largest absolute Gasteiger partial charge is 0.468 e. The van der Waals surface area contributed by atoms with E-state index < -0.39 is 0 Å². The lowest BCUT2D eigenvalue weighted by Gasteiger charge is -2.33. The van der Waals surface area contributed by atoms with E-state index in [2.05, 4.69) is 18.7 Å². The summed E-state index contributed by atoms with van der Waals surface area (Å²) in [7, 11) is 1.45. The molecule has 1 rings (SSSR count). The van der Waals surface area contributed by atoms with Gasteiger partial charge in [-0.05, 0) is 12.3 Å². The lowest BCUT2D eigenvalue weighted by atomic mass is 10.0. The molecule has 0 spiro atoms. The third-order valence-corrected chi connectivity index (χ3v) is 2.65. The van der Waals surface area contributed by atoms with Crippen LogP contribution in [-0.4, -0.2) is 50.3 Å². The number of methoxy groups -OCH3 is 1. The van der Waals surface area contributed by atoms with Crippen LogP contribution in [0.3, 0.4) is 0 Å². The van der Waals surface area contributed by atoms with E-state index in [0.29, 0.717) is 19.1 Å². The quantitative estimate of drug-likeness (QED) is 0.653. The zero-order chi connectivity index (χ0) is 11.3. The first-order valence-electron chi connectivity index (χ1n) is 5.54. The summed E-state index contributed by atoms with van der Waals surface area (Å²) in [6, 6.07) is -0.0982. The Hall–Kier alpha value is -0.610. The number of carbonyl (C=O) groups excluding carboxylic acids is 1. The fraction of sp³-hybridized carbons (Fsp3) is 0.909. The Morgan fingerprint density at radius 2 is 2.00 bits per heavy atom. The second-order valence-electron chi connectivity index (χ2n) is 4.32. The highest BCUT2D eigenvalue weighted by molar-refractivity contribution is 5.75. The monoisotopic (exact) mass is 215 g/mol. The van der Waals surface area contributed by atoms with Crippen molar-refractivity contribution in [2.75, 3.05) is 33.4 Å². The molecule has 1 fully saturated rings. The van der Waals surface area contributed by atoms with Gasteiger partial charge in [0.25, 0.3) is 0 Å². The molecule has 1 saturated heterocycles. The van der Waals surface area contributed by atoms with E-state index in [4.69, 9.17) is 9.47 Å². The van der Waals surface area contributed by atoms with Gasteiger partial charge in [-0.25, -0.2) is 0 Å². The van der Waals surface area contributed by atoms with Crippen LogP contribution in [0.4, 0.5) is 0 Å². The van der Waals surface area contributed by atoms with Gasteiger partial charge in [-0.3, -0.25) is 9.69 Å². The molecule has 1 unspecified atom stereocenters. The molecule has 0 amide bonds. The van der Waals surface area contributed by atoms with Crippen molar-refractivity contribution < 1.29 is 14.3 Å². The minimum atomic E-state index is -0.120. The topological polar surface area (TPSA) is 38.8 Å². The molecular formula is C11H21NO3. The molecule has 15 heavy (non-hydrogen) atoms. The van der Waals surface area contributed by atoms with Crippen molar-refractivity contribution in [3.8, 4) is 0 Å². The second kappa shape index (κ2) is 6.08. The Balaban J connectivity index is 2.57. The molecule has 0 aliphatic carbocycles. The molecule has 0 N–H and O–H groups in total. The number of esters is 1. The number of rotatable bonds is 4. The minimum absolute atomic E-state index is 0.0982. The van der Waals surface area contributed by atoms with Crippen molar-refractivity contribution in [1.29, 1.82) is 0 Å². The van der Waals surface area contributed by atoms with Crippen molar-refractivity contribution >= 4 is 5.97 Å². The van der Waals surface area contributed by atoms with Gasteiger partial charge < -0.3 is 9.47 Å². The van der Waals surface area contributed by atoms with Crippen molar-refractivity contribution in [3.05, 3.63) is 0 Å². The molecule has 1 atom stereocenters. The molecular weight excluding hydrogens is 194 g/mol. The fourth-order valence-corrected chi connectivity index (χ4v) is 1.87. The summed E-state index contributed by atoms with van der Waals surface area (Å²) in [4.78, 5) is 13.8. The number of morpholine rings is 1. The molecule has 88 valence electrons. The highest BCUT2D eigenvalue weighted by atomic mass is 16.5. The van der Waals surface area contributed by atoms with Crippen molar-refractivity contribution in [2.24, 2.45) is 5.92 Å². The van der Waals surface area contributed by atoms with Gasteiger partial charge in [0, 0.05) is 13.1 Å². The predicted octanol–water partition coefficient (Wildman–Crippen LogP) is 0.906. The molecule has 1 heterocycles. The Bertz CT molecular complexity index is 200. The average Bonchev–Trinajstić information content (AvgIpc) is 2.26. The summed E-state index contributed by atoms with van der Waals surface area (Å²) < 4.78 is 10.1. The highest BCUT2D eigenvalue weighted by Gasteiger charge is 2.28. The number of nitrogens with zero attached hydrogens (tertiary/aromatic N) is 1. The van der Waals surface area contributed by atoms with Crippen molar-refractivity contribution in [1.82, 2.24) is 4.90 Å². The van der Waals surface area contributed by atoms with Gasteiger partial charge >= 0.3 is 5.97 Å². The van der Waals surface area contributed by atoms with Gasteiger partial charge in [-0.2, -0.15) is 0 Å². The molecule has 4 heteroatoms. The molecule has 0 bridgehead atoms. The zero-order valence-corrected chi connectivity index (χ0v) is 9.86. The summed E-state index contributed by atoms with van der Waals surface area (Å²) in [5, 5.41) is 0. The molecule has 0 saturated carbocycles. The molecule has 0 aromatic carbocycles. The molecule has 1 aliphatic rings. The fourth-order valence-electron chi connectivity index (χ4n) is 1.87. The van der Waals surface area contributed by atoms with Crippen LogP contribution in [0.5, 0.6) is 0 Å². The predicted molar refractivity (Wildman–Crippen MR) is 57.7 cm³/mol. The van der Waals surface area contributed by atoms with Crippen LogP contribution in [0.2, 0.25) is 0 Å². The van der Waals surface area contributed by atoms with Crippen LogP contribution in [-0.2, 0) is 14.3 Å². The Labute approximate surface area is 91.5 Å². The summed E-state index contributed by atoms with van der Waals surface area (Å²) in [5.74, 6) is 0.377. The highest BCUT2D eigenvalue weighted by Crippen LogP contribution is 2.14. The number of hydrogen-bond donors (Lipinski definition) is 0. The zero-order valence-electron chi connectivity index (χ0n) is 9.86. The van der Waals surface area contributed by atoms with Crippen molar-refractivity contribution in [3.63, 3.8) is 0 Å². The number of carbonyl (C=O) groups is 1. The lowest BCUT2D eigenvalue weighted by Crippen LogP contribution is -2.48. The van der Waals surface area contributed by atoms with Gasteiger partial charge in [0.2, 0.25) is 0 Å². The molecule has 0 radical (unpaired) electrons. The minimum Gasteiger partial charge on any atom is -0.468 e. The van der Waals surface area contributed by atoms with Crippen molar-refractivity contribution in [2.45, 2.75) is 26.3 Å². The maximum atomic E-state index is 11.6. The number of hydrogen-bond acceptors (Lipinski definition) is 4. The Morgan fingerprint density at radius 1 is 1.40 bits per heavy atom. The first-order chi connectivity index (χ1) is 7.15. The van der Waals surface area contributed by atoms with Gasteiger partial charge in [-0.15, -0.1) is 0 Å². The first kappa shape index (κ1) is 12.5. The summed E-state index contributed by atoms with van der Waals surface area (Å²) in [6.45, 7) is 7.32. The third kappa shape index (κ3) is 3.80. The lowest BCUT2D eigenvalue weighted by molar-refractivity contribution is -0.149. The maximum absolute atomic E-state index is 11.6. The van der Waals surface area contributed by atoms with Gasteiger partial charge in [0.05, 0.1) is 20.3 Å². The molecule has 4 nitrogen and oxygen atoms in total. The maximum Gasteiger partial charge on any atom is 0.323 e. The molecule has 1 aliphatic heterocycles. The van der Waals surface area contributed by atoms with E-state index in [1.165, 1.54) is 7.11 Å². The Morgan fingerprint density at radius 3 is 2.47 bits per heavy atom. The number of ether oxygens (including phenoxy) is 2. The molecule has 0 aromatic rings. The smallest absolute Gasteiger partial charge is 0.323 e.